The Kier molecular flexibility index (Phi) is 6.93. The second kappa shape index (κ2) is 9.32. The van der Waals surface area contributed by atoms with E-state index in [1.165, 1.54) is 4.90 Å². The third kappa shape index (κ3) is 5.48. The fraction of sp³-hybridized carbons (Fsp3) is 0.542. The fourth-order valence-electron chi connectivity index (χ4n) is 3.81. The van der Waals surface area contributed by atoms with E-state index in [0.29, 0.717) is 19.7 Å². The summed E-state index contributed by atoms with van der Waals surface area (Å²) in [5, 5.41) is 4.41. The average Bonchev–Trinajstić information content (AvgIpc) is 3.12. The van der Waals surface area contributed by atoms with Gasteiger partial charge < -0.3 is 14.4 Å². The molecule has 0 radical (unpaired) electrons. The number of benzene rings is 1. The van der Waals surface area contributed by atoms with Crippen LogP contribution in [0, 0.1) is 0 Å². The summed E-state index contributed by atoms with van der Waals surface area (Å²) >= 11 is 0. The van der Waals surface area contributed by atoms with Gasteiger partial charge in [0.05, 0.1) is 25.5 Å². The highest BCUT2D eigenvalue weighted by Crippen LogP contribution is 2.30. The van der Waals surface area contributed by atoms with E-state index in [4.69, 9.17) is 9.47 Å². The Hall–Kier alpha value is -2.87. The minimum atomic E-state index is -1.20. The van der Waals surface area contributed by atoms with Crippen LogP contribution in [0.5, 0.6) is 0 Å². The molecule has 0 spiro atoms. The van der Waals surface area contributed by atoms with Crippen LogP contribution in [0.25, 0.3) is 0 Å². The van der Waals surface area contributed by atoms with Gasteiger partial charge in [0.1, 0.15) is 11.1 Å². The van der Waals surface area contributed by atoms with E-state index in [1.807, 2.05) is 77.3 Å². The number of carbonyl (C=O) groups is 2. The van der Waals surface area contributed by atoms with Gasteiger partial charge in [-0.2, -0.15) is 5.10 Å². The molecule has 174 valence electrons. The normalized spacial score (nSPS) is 21.7. The van der Waals surface area contributed by atoms with E-state index in [9.17, 15) is 9.59 Å². The predicted molar refractivity (Wildman–Crippen MR) is 121 cm³/mol. The van der Waals surface area contributed by atoms with Gasteiger partial charge in [0.15, 0.2) is 0 Å². The third-order valence-electron chi connectivity index (χ3n) is 5.51. The lowest BCUT2D eigenvalue weighted by molar-refractivity contribution is -0.160. The number of hydrogen-bond acceptors (Lipinski definition) is 5. The van der Waals surface area contributed by atoms with Crippen LogP contribution in [-0.2, 0) is 34.5 Å². The Morgan fingerprint density at radius 3 is 2.50 bits per heavy atom. The fourth-order valence-corrected chi connectivity index (χ4v) is 3.81. The van der Waals surface area contributed by atoms with Crippen molar-refractivity contribution >= 4 is 12.0 Å². The maximum atomic E-state index is 13.8. The van der Waals surface area contributed by atoms with Crippen molar-refractivity contribution in [1.29, 1.82) is 0 Å². The van der Waals surface area contributed by atoms with Crippen LogP contribution in [0.15, 0.2) is 42.6 Å². The molecule has 3 rings (SSSR count). The molecule has 8 nitrogen and oxygen atoms in total. The zero-order chi connectivity index (χ0) is 23.5. The third-order valence-corrected chi connectivity index (χ3v) is 5.51. The lowest BCUT2D eigenvalue weighted by atomic mass is 9.93. The zero-order valence-electron chi connectivity index (χ0n) is 19.9. The largest absolute Gasteiger partial charge is 0.444 e. The summed E-state index contributed by atoms with van der Waals surface area (Å²) in [4.78, 5) is 30.1. The number of amides is 2. The van der Waals surface area contributed by atoms with Gasteiger partial charge in [0.25, 0.3) is 5.91 Å². The highest BCUT2D eigenvalue weighted by atomic mass is 16.6. The minimum Gasteiger partial charge on any atom is -0.444 e. The first-order valence-electron chi connectivity index (χ1n) is 10.9. The van der Waals surface area contributed by atoms with Crippen molar-refractivity contribution in [3.63, 3.8) is 0 Å². The van der Waals surface area contributed by atoms with Gasteiger partial charge in [-0.3, -0.25) is 14.4 Å². The zero-order valence-corrected chi connectivity index (χ0v) is 19.9. The number of rotatable bonds is 6. The second-order valence-corrected chi connectivity index (χ2v) is 9.61. The van der Waals surface area contributed by atoms with Crippen molar-refractivity contribution in [2.45, 2.75) is 65.0 Å². The number of piperazine rings is 1. The Morgan fingerprint density at radius 2 is 1.91 bits per heavy atom. The molecule has 1 aliphatic rings. The van der Waals surface area contributed by atoms with Gasteiger partial charge in [0.2, 0.25) is 0 Å². The highest BCUT2D eigenvalue weighted by Gasteiger charge is 2.51. The number of nitrogens with zero attached hydrogens (tertiary/aromatic N) is 4. The van der Waals surface area contributed by atoms with E-state index >= 15 is 0 Å². The first kappa shape index (κ1) is 23.8. The van der Waals surface area contributed by atoms with Crippen molar-refractivity contribution in [2.24, 2.45) is 7.05 Å². The van der Waals surface area contributed by atoms with Crippen LogP contribution in [-0.4, -0.2) is 61.9 Å². The van der Waals surface area contributed by atoms with Crippen LogP contribution >= 0.6 is 0 Å². The van der Waals surface area contributed by atoms with E-state index < -0.39 is 17.2 Å². The van der Waals surface area contributed by atoms with Crippen LogP contribution in [0.2, 0.25) is 0 Å². The van der Waals surface area contributed by atoms with E-state index in [2.05, 4.69) is 5.10 Å². The van der Waals surface area contributed by atoms with Crippen LogP contribution < -0.4 is 0 Å². The number of hydrogen-bond donors (Lipinski definition) is 0. The molecule has 1 aliphatic heterocycles. The SMILES string of the molecule is C[C@H]1CN(C(=O)OC(C)(C)C)[C@](C)(COCc2ccccc2)C(=O)N1Cc1ccn(C)n1. The van der Waals surface area contributed by atoms with Gasteiger partial charge in [0, 0.05) is 25.8 Å². The Labute approximate surface area is 190 Å². The van der Waals surface area contributed by atoms with Crippen molar-refractivity contribution in [1.82, 2.24) is 19.6 Å². The number of carbonyl (C=O) groups excluding carboxylic acids is 2. The lowest BCUT2D eigenvalue weighted by Gasteiger charge is -2.50. The first-order chi connectivity index (χ1) is 15.0. The molecule has 0 aliphatic carbocycles. The van der Waals surface area contributed by atoms with Crippen molar-refractivity contribution < 1.29 is 19.1 Å². The van der Waals surface area contributed by atoms with Gasteiger partial charge in [-0.15, -0.1) is 0 Å². The quantitative estimate of drug-likeness (QED) is 0.686. The number of ether oxygens (including phenoxy) is 2. The van der Waals surface area contributed by atoms with Crippen LogP contribution in [0.1, 0.15) is 45.9 Å². The summed E-state index contributed by atoms with van der Waals surface area (Å²) in [7, 11) is 1.84. The maximum Gasteiger partial charge on any atom is 0.411 e. The van der Waals surface area contributed by atoms with E-state index in [0.717, 1.165) is 11.3 Å². The number of aryl methyl sites for hydroxylation is 1. The predicted octanol–water partition coefficient (Wildman–Crippen LogP) is 3.36. The highest BCUT2D eigenvalue weighted by molar-refractivity contribution is 5.91. The van der Waals surface area contributed by atoms with Crippen molar-refractivity contribution in [2.75, 3.05) is 13.2 Å². The summed E-state index contributed by atoms with van der Waals surface area (Å²) in [6.07, 6.45) is 1.34. The van der Waals surface area contributed by atoms with Gasteiger partial charge in [-0.25, -0.2) is 4.79 Å². The Morgan fingerprint density at radius 1 is 1.22 bits per heavy atom. The smallest absolute Gasteiger partial charge is 0.411 e. The van der Waals surface area contributed by atoms with Crippen molar-refractivity contribution in [3.8, 4) is 0 Å². The molecule has 2 amide bonds. The number of aromatic nitrogens is 2. The maximum absolute atomic E-state index is 13.8. The summed E-state index contributed by atoms with van der Waals surface area (Å²) in [6, 6.07) is 11.4. The second-order valence-electron chi connectivity index (χ2n) is 9.61. The molecule has 2 atom stereocenters. The molecule has 2 aromatic rings. The summed E-state index contributed by atoms with van der Waals surface area (Å²) < 4.78 is 13.3. The van der Waals surface area contributed by atoms with Gasteiger partial charge in [-0.1, -0.05) is 30.3 Å². The molecule has 2 heterocycles. The molecule has 0 saturated carbocycles. The molecule has 8 heteroatoms. The molecule has 1 aromatic carbocycles. The molecule has 1 saturated heterocycles. The average molecular weight is 443 g/mol. The molecule has 0 N–H and O–H groups in total. The molecule has 1 aromatic heterocycles. The Balaban J connectivity index is 1.83. The van der Waals surface area contributed by atoms with E-state index in [-0.39, 0.29) is 18.6 Å². The minimum absolute atomic E-state index is 0.0609. The standard InChI is InChI=1S/C24H34N4O4/c1-18-14-28(22(30)32-23(2,3)4)24(5,17-31-16-19-10-8-7-9-11-19)21(29)27(18)15-20-12-13-26(6)25-20/h7-13,18H,14-17H2,1-6H3/t18-,24+/m0/s1. The monoisotopic (exact) mass is 442 g/mol. The molecular formula is C24H34N4O4. The van der Waals surface area contributed by atoms with E-state index in [1.54, 1.807) is 16.5 Å². The molecule has 0 bridgehead atoms. The van der Waals surface area contributed by atoms with Crippen LogP contribution in [0.3, 0.4) is 0 Å². The molecule has 0 unspecified atom stereocenters. The van der Waals surface area contributed by atoms with Gasteiger partial charge in [-0.05, 0) is 46.2 Å². The van der Waals surface area contributed by atoms with Crippen molar-refractivity contribution in [3.05, 3.63) is 53.9 Å². The van der Waals surface area contributed by atoms with Crippen LogP contribution in [0.4, 0.5) is 4.79 Å². The molecular weight excluding hydrogens is 408 g/mol. The summed E-state index contributed by atoms with van der Waals surface area (Å²) in [5.41, 5.74) is -0.0635. The molecule has 32 heavy (non-hydrogen) atoms. The molecule has 1 fully saturated rings. The first-order valence-corrected chi connectivity index (χ1v) is 10.9. The Bertz CT molecular complexity index is 937. The van der Waals surface area contributed by atoms with Gasteiger partial charge >= 0.3 is 6.09 Å². The summed E-state index contributed by atoms with van der Waals surface area (Å²) in [6.45, 7) is 10.3. The topological polar surface area (TPSA) is 76.9 Å². The summed E-state index contributed by atoms with van der Waals surface area (Å²) in [5.74, 6) is -0.180. The lowest BCUT2D eigenvalue weighted by Crippen LogP contribution is -2.70.